The van der Waals surface area contributed by atoms with Gasteiger partial charge in [-0.05, 0) is 51.4 Å². The van der Waals surface area contributed by atoms with Crippen molar-refractivity contribution in [2.45, 2.75) is 19.3 Å². The molecule has 0 saturated carbocycles. The van der Waals surface area contributed by atoms with Crippen molar-refractivity contribution in [3.8, 4) is 11.3 Å². The van der Waals surface area contributed by atoms with E-state index in [1.54, 1.807) is 6.07 Å². The molecular formula is C20H24N6O. The predicted octanol–water partition coefficient (Wildman–Crippen LogP) is 2.25. The van der Waals surface area contributed by atoms with Gasteiger partial charge in [0.25, 0.3) is 11.7 Å². The zero-order valence-electron chi connectivity index (χ0n) is 15.5. The molecule has 7 nitrogen and oxygen atoms in total. The van der Waals surface area contributed by atoms with Crippen molar-refractivity contribution >= 4 is 11.7 Å². The van der Waals surface area contributed by atoms with Crippen LogP contribution in [0.15, 0.2) is 42.7 Å². The second-order valence-corrected chi connectivity index (χ2v) is 7.16. The Morgan fingerprint density at radius 2 is 2.00 bits per heavy atom. The average Bonchev–Trinajstić information content (AvgIpc) is 3.18. The van der Waals surface area contributed by atoms with Gasteiger partial charge in [-0.3, -0.25) is 4.79 Å². The summed E-state index contributed by atoms with van der Waals surface area (Å²) in [5, 5.41) is 7.21. The third-order valence-electron chi connectivity index (χ3n) is 5.23. The molecule has 1 aliphatic rings. The third-order valence-corrected chi connectivity index (χ3v) is 5.23. The van der Waals surface area contributed by atoms with Gasteiger partial charge in [0.15, 0.2) is 0 Å². The summed E-state index contributed by atoms with van der Waals surface area (Å²) < 4.78 is 1.50. The predicted molar refractivity (Wildman–Crippen MR) is 103 cm³/mol. The van der Waals surface area contributed by atoms with Gasteiger partial charge in [0.1, 0.15) is 12.0 Å². The highest BCUT2D eigenvalue weighted by Crippen LogP contribution is 2.20. The van der Waals surface area contributed by atoms with E-state index in [-0.39, 0.29) is 5.91 Å². The minimum atomic E-state index is -0.141. The van der Waals surface area contributed by atoms with Crippen LogP contribution in [0.5, 0.6) is 0 Å². The van der Waals surface area contributed by atoms with Gasteiger partial charge >= 0.3 is 0 Å². The standard InChI is InChI=1S/C20H24N6O/c1-25-11-8-15(9-12-25)7-10-21-19(27)18-13-17(16-5-3-2-4-6-16)24-20-22-14-23-26(18)20/h2-6,13-15H,7-12H2,1H3,(H,21,27). The number of carbonyl (C=O) groups is 1. The van der Waals surface area contributed by atoms with E-state index in [0.29, 0.717) is 23.9 Å². The Balaban J connectivity index is 1.48. The van der Waals surface area contributed by atoms with Crippen LogP contribution in [0.3, 0.4) is 0 Å². The Kier molecular flexibility index (Phi) is 5.11. The van der Waals surface area contributed by atoms with Crippen molar-refractivity contribution in [1.29, 1.82) is 0 Å². The van der Waals surface area contributed by atoms with Gasteiger partial charge in [-0.2, -0.15) is 14.6 Å². The molecule has 1 aromatic carbocycles. The lowest BCUT2D eigenvalue weighted by molar-refractivity contribution is 0.0941. The number of hydrogen-bond acceptors (Lipinski definition) is 5. The van der Waals surface area contributed by atoms with Gasteiger partial charge in [0, 0.05) is 12.1 Å². The molecule has 0 unspecified atom stereocenters. The molecule has 1 amide bonds. The zero-order valence-corrected chi connectivity index (χ0v) is 15.5. The Bertz CT molecular complexity index is 915. The van der Waals surface area contributed by atoms with Gasteiger partial charge in [0.05, 0.1) is 5.69 Å². The topological polar surface area (TPSA) is 75.4 Å². The lowest BCUT2D eigenvalue weighted by atomic mass is 9.94. The highest BCUT2D eigenvalue weighted by molar-refractivity contribution is 5.94. The number of benzene rings is 1. The third kappa shape index (κ3) is 3.98. The van der Waals surface area contributed by atoms with Gasteiger partial charge in [-0.15, -0.1) is 0 Å². The second-order valence-electron chi connectivity index (χ2n) is 7.16. The van der Waals surface area contributed by atoms with Crippen molar-refractivity contribution in [2.24, 2.45) is 5.92 Å². The van der Waals surface area contributed by atoms with Gasteiger partial charge in [0.2, 0.25) is 0 Å². The first kappa shape index (κ1) is 17.6. The normalized spacial score (nSPS) is 15.9. The molecule has 140 valence electrons. The highest BCUT2D eigenvalue weighted by atomic mass is 16.2. The number of likely N-dealkylation sites (tertiary alicyclic amines) is 1. The van der Waals surface area contributed by atoms with Gasteiger partial charge in [-0.1, -0.05) is 30.3 Å². The van der Waals surface area contributed by atoms with E-state index in [1.807, 2.05) is 30.3 Å². The quantitative estimate of drug-likeness (QED) is 0.752. The maximum absolute atomic E-state index is 12.8. The summed E-state index contributed by atoms with van der Waals surface area (Å²) in [6.45, 7) is 2.96. The number of piperidine rings is 1. The second kappa shape index (κ2) is 7.84. The molecule has 0 spiro atoms. The molecule has 7 heteroatoms. The largest absolute Gasteiger partial charge is 0.351 e. The smallest absolute Gasteiger partial charge is 0.270 e. The Labute approximate surface area is 158 Å². The van der Waals surface area contributed by atoms with Gasteiger partial charge < -0.3 is 10.2 Å². The van der Waals surface area contributed by atoms with Crippen LogP contribution in [-0.4, -0.2) is 57.1 Å². The van der Waals surface area contributed by atoms with Crippen molar-refractivity contribution in [3.05, 3.63) is 48.4 Å². The lowest BCUT2D eigenvalue weighted by Crippen LogP contribution is -2.33. The van der Waals surface area contributed by atoms with Crippen LogP contribution in [0, 0.1) is 5.92 Å². The maximum Gasteiger partial charge on any atom is 0.270 e. The monoisotopic (exact) mass is 364 g/mol. The number of nitrogens with one attached hydrogen (secondary N) is 1. The van der Waals surface area contributed by atoms with Crippen molar-refractivity contribution in [2.75, 3.05) is 26.7 Å². The first-order valence-corrected chi connectivity index (χ1v) is 9.43. The number of nitrogens with zero attached hydrogens (tertiary/aromatic N) is 5. The first-order valence-electron chi connectivity index (χ1n) is 9.43. The number of carbonyl (C=O) groups excluding carboxylic acids is 1. The maximum atomic E-state index is 12.8. The molecule has 0 atom stereocenters. The minimum absolute atomic E-state index is 0.141. The zero-order chi connectivity index (χ0) is 18.6. The van der Waals surface area contributed by atoms with E-state index in [4.69, 9.17) is 0 Å². The van der Waals surface area contributed by atoms with Gasteiger partial charge in [-0.25, -0.2) is 4.98 Å². The highest BCUT2D eigenvalue weighted by Gasteiger charge is 2.18. The summed E-state index contributed by atoms with van der Waals surface area (Å²) in [4.78, 5) is 23.8. The van der Waals surface area contributed by atoms with E-state index in [9.17, 15) is 4.79 Å². The summed E-state index contributed by atoms with van der Waals surface area (Å²) in [6.07, 6.45) is 4.84. The van der Waals surface area contributed by atoms with Crippen LogP contribution in [0.1, 0.15) is 29.8 Å². The fourth-order valence-corrected chi connectivity index (χ4v) is 3.56. The Hall–Kier alpha value is -2.80. The fourth-order valence-electron chi connectivity index (χ4n) is 3.56. The number of hydrogen-bond donors (Lipinski definition) is 1. The SMILES string of the molecule is CN1CCC(CCNC(=O)c2cc(-c3ccccc3)nc3ncnn23)CC1. The molecule has 1 N–H and O–H groups in total. The van der Waals surface area contributed by atoms with Crippen LogP contribution in [0.25, 0.3) is 17.0 Å². The van der Waals surface area contributed by atoms with Crippen molar-refractivity contribution in [1.82, 2.24) is 29.8 Å². The molecule has 0 bridgehead atoms. The number of rotatable bonds is 5. The molecule has 27 heavy (non-hydrogen) atoms. The molecular weight excluding hydrogens is 340 g/mol. The summed E-state index contributed by atoms with van der Waals surface area (Å²) in [6, 6.07) is 11.6. The summed E-state index contributed by atoms with van der Waals surface area (Å²) in [7, 11) is 2.16. The van der Waals surface area contributed by atoms with E-state index in [2.05, 4.69) is 32.3 Å². The summed E-state index contributed by atoms with van der Waals surface area (Å²) in [5.41, 5.74) is 2.12. The van der Waals surface area contributed by atoms with E-state index >= 15 is 0 Å². The van der Waals surface area contributed by atoms with E-state index in [1.165, 1.54) is 23.7 Å². The Morgan fingerprint density at radius 3 is 2.78 bits per heavy atom. The molecule has 0 radical (unpaired) electrons. The van der Waals surface area contributed by atoms with Crippen LogP contribution >= 0.6 is 0 Å². The number of fused-ring (bicyclic) bond motifs is 1. The van der Waals surface area contributed by atoms with Crippen molar-refractivity contribution < 1.29 is 4.79 Å². The molecule has 2 aromatic heterocycles. The fraction of sp³-hybridized carbons (Fsp3) is 0.400. The van der Waals surface area contributed by atoms with Crippen molar-refractivity contribution in [3.63, 3.8) is 0 Å². The lowest BCUT2D eigenvalue weighted by Gasteiger charge is -2.28. The average molecular weight is 364 g/mol. The molecule has 3 heterocycles. The summed E-state index contributed by atoms with van der Waals surface area (Å²) >= 11 is 0. The molecule has 1 saturated heterocycles. The van der Waals surface area contributed by atoms with Crippen LogP contribution in [0.2, 0.25) is 0 Å². The first-order chi connectivity index (χ1) is 13.2. The summed E-state index contributed by atoms with van der Waals surface area (Å²) in [5.74, 6) is 0.972. The van der Waals surface area contributed by atoms with Crippen LogP contribution < -0.4 is 5.32 Å². The van der Waals surface area contributed by atoms with Crippen LogP contribution in [0.4, 0.5) is 0 Å². The molecule has 3 aromatic rings. The Morgan fingerprint density at radius 1 is 1.22 bits per heavy atom. The number of amides is 1. The van der Waals surface area contributed by atoms with Crippen LogP contribution in [-0.2, 0) is 0 Å². The van der Waals surface area contributed by atoms with E-state index < -0.39 is 0 Å². The molecule has 4 rings (SSSR count). The molecule has 1 aliphatic heterocycles. The molecule has 0 aliphatic carbocycles. The van der Waals surface area contributed by atoms with E-state index in [0.717, 1.165) is 30.8 Å². The molecule has 1 fully saturated rings. The number of aromatic nitrogens is 4. The minimum Gasteiger partial charge on any atom is -0.351 e.